The summed E-state index contributed by atoms with van der Waals surface area (Å²) in [6, 6.07) is 13.8. The lowest BCUT2D eigenvalue weighted by Gasteiger charge is -2.01. The maximum absolute atomic E-state index is 12.3. The number of carbonyl (C=O) groups excluding carboxylic acids is 1. The molecule has 0 atom stereocenters. The molecule has 10 heteroatoms. The van der Waals surface area contributed by atoms with E-state index in [0.29, 0.717) is 21.5 Å². The number of nitrogens with zero attached hydrogens (tertiary/aromatic N) is 3. The summed E-state index contributed by atoms with van der Waals surface area (Å²) in [5.74, 6) is -0.548. The molecule has 0 aliphatic rings. The van der Waals surface area contributed by atoms with Crippen molar-refractivity contribution in [1.82, 2.24) is 4.37 Å². The molecule has 0 aliphatic carbocycles. The predicted molar refractivity (Wildman–Crippen MR) is 96.9 cm³/mol. The van der Waals surface area contributed by atoms with E-state index < -0.39 is 15.9 Å². The van der Waals surface area contributed by atoms with Crippen LogP contribution in [-0.4, -0.2) is 28.8 Å². The lowest BCUT2D eigenvalue weighted by atomic mass is 10.1. The minimum Gasteiger partial charge on any atom is -0.286 e. The van der Waals surface area contributed by atoms with Gasteiger partial charge in [-0.2, -0.15) is 23.2 Å². The summed E-state index contributed by atoms with van der Waals surface area (Å²) in [4.78, 5) is 12.0. The standard InChI is InChI=1S/C16H10N4O4S2/c17-9-14(15(21)10-4-2-1-3-5-10)18-19-16-12-8-11(26(22,23)24)6-7-13(12)20-25-16/h1-8,19H,(H,22,23,24). The molecule has 0 saturated heterocycles. The number of anilines is 1. The minimum atomic E-state index is -4.37. The van der Waals surface area contributed by atoms with E-state index in [-0.39, 0.29) is 10.6 Å². The van der Waals surface area contributed by atoms with Gasteiger partial charge in [0, 0.05) is 10.9 Å². The summed E-state index contributed by atoms with van der Waals surface area (Å²) >= 11 is 0.977. The fraction of sp³-hybridized carbons (Fsp3) is 0. The molecule has 2 aromatic carbocycles. The molecule has 0 spiro atoms. The largest absolute Gasteiger partial charge is 0.294 e. The predicted octanol–water partition coefficient (Wildman–Crippen LogP) is 2.72. The zero-order chi connectivity index (χ0) is 18.7. The Morgan fingerprint density at radius 2 is 1.96 bits per heavy atom. The average molecular weight is 386 g/mol. The Kier molecular flexibility index (Phi) is 4.77. The minimum absolute atomic E-state index is 0.293. The number of ketones is 1. The van der Waals surface area contributed by atoms with Gasteiger partial charge in [-0.1, -0.05) is 30.3 Å². The number of benzene rings is 2. The summed E-state index contributed by atoms with van der Waals surface area (Å²) in [6.07, 6.45) is 0. The van der Waals surface area contributed by atoms with E-state index in [2.05, 4.69) is 14.9 Å². The van der Waals surface area contributed by atoms with Crippen LogP contribution >= 0.6 is 11.5 Å². The maximum atomic E-state index is 12.3. The molecule has 1 aromatic heterocycles. The highest BCUT2D eigenvalue weighted by atomic mass is 32.2. The Labute approximate surface area is 152 Å². The van der Waals surface area contributed by atoms with Crippen LogP contribution in [0.4, 0.5) is 5.00 Å². The number of carbonyl (C=O) groups is 1. The molecule has 0 saturated carbocycles. The van der Waals surface area contributed by atoms with Crippen molar-refractivity contribution in [2.75, 3.05) is 5.43 Å². The van der Waals surface area contributed by atoms with E-state index in [1.807, 2.05) is 0 Å². The molecule has 26 heavy (non-hydrogen) atoms. The first kappa shape index (κ1) is 17.7. The fourth-order valence-electron chi connectivity index (χ4n) is 2.12. The lowest BCUT2D eigenvalue weighted by molar-refractivity contribution is 0.106. The van der Waals surface area contributed by atoms with Crippen LogP contribution in [0, 0.1) is 11.3 Å². The molecule has 0 radical (unpaired) electrons. The zero-order valence-electron chi connectivity index (χ0n) is 12.9. The van der Waals surface area contributed by atoms with Crippen LogP contribution in [0.2, 0.25) is 0 Å². The van der Waals surface area contributed by atoms with Gasteiger partial charge < -0.3 is 0 Å². The highest BCUT2D eigenvalue weighted by Crippen LogP contribution is 2.29. The normalized spacial score (nSPS) is 11.9. The fourth-order valence-corrected chi connectivity index (χ4v) is 3.33. The number of fused-ring (bicyclic) bond motifs is 1. The maximum Gasteiger partial charge on any atom is 0.294 e. The molecule has 0 amide bonds. The van der Waals surface area contributed by atoms with Crippen molar-refractivity contribution < 1.29 is 17.8 Å². The molecular formula is C16H10N4O4S2. The number of hydrazone groups is 1. The third-order valence-electron chi connectivity index (χ3n) is 3.37. The van der Waals surface area contributed by atoms with Gasteiger partial charge in [-0.15, -0.1) is 0 Å². The van der Waals surface area contributed by atoms with Crippen LogP contribution in [0.1, 0.15) is 10.4 Å². The first-order chi connectivity index (χ1) is 12.4. The summed E-state index contributed by atoms with van der Waals surface area (Å²) in [5.41, 5.74) is 3.01. The van der Waals surface area contributed by atoms with E-state index >= 15 is 0 Å². The molecule has 3 rings (SSSR count). The third-order valence-corrected chi connectivity index (χ3v) is 5.00. The van der Waals surface area contributed by atoms with Gasteiger partial charge in [-0.25, -0.2) is 0 Å². The van der Waals surface area contributed by atoms with Crippen LogP contribution in [0.5, 0.6) is 0 Å². The van der Waals surface area contributed by atoms with Gasteiger partial charge in [0.05, 0.1) is 10.4 Å². The molecule has 0 bridgehead atoms. The van der Waals surface area contributed by atoms with E-state index in [4.69, 9.17) is 4.55 Å². The molecule has 1 heterocycles. The first-order valence-electron chi connectivity index (χ1n) is 7.10. The Bertz CT molecular complexity index is 1160. The van der Waals surface area contributed by atoms with E-state index in [9.17, 15) is 18.5 Å². The molecule has 8 nitrogen and oxygen atoms in total. The van der Waals surface area contributed by atoms with Crippen molar-refractivity contribution in [3.63, 3.8) is 0 Å². The van der Waals surface area contributed by atoms with Crippen LogP contribution < -0.4 is 5.43 Å². The molecule has 130 valence electrons. The summed E-state index contributed by atoms with van der Waals surface area (Å²) in [6.45, 7) is 0. The van der Waals surface area contributed by atoms with Crippen LogP contribution in [0.3, 0.4) is 0 Å². The van der Waals surface area contributed by atoms with Crippen molar-refractivity contribution >= 4 is 49.0 Å². The van der Waals surface area contributed by atoms with Gasteiger partial charge in [-0.05, 0) is 29.7 Å². The molecule has 0 fully saturated rings. The third kappa shape index (κ3) is 3.60. The number of nitriles is 1. The van der Waals surface area contributed by atoms with Crippen LogP contribution in [-0.2, 0) is 10.1 Å². The van der Waals surface area contributed by atoms with E-state index in [1.165, 1.54) is 18.2 Å². The molecule has 2 N–H and O–H groups in total. The molecule has 3 aromatic rings. The Morgan fingerprint density at radius 3 is 2.62 bits per heavy atom. The van der Waals surface area contributed by atoms with Crippen molar-refractivity contribution in [1.29, 1.82) is 5.26 Å². The van der Waals surface area contributed by atoms with Gasteiger partial charge >= 0.3 is 0 Å². The van der Waals surface area contributed by atoms with E-state index in [0.717, 1.165) is 11.5 Å². The average Bonchev–Trinajstić information content (AvgIpc) is 3.04. The number of rotatable bonds is 5. The second-order valence-corrected chi connectivity index (χ2v) is 7.24. The number of nitrogens with one attached hydrogen (secondary N) is 1. The SMILES string of the molecule is N#CC(=NNc1snc2ccc(S(=O)(=O)O)cc12)C(=O)c1ccccc1. The Morgan fingerprint density at radius 1 is 1.23 bits per heavy atom. The zero-order valence-corrected chi connectivity index (χ0v) is 14.6. The van der Waals surface area contributed by atoms with E-state index in [1.54, 1.807) is 36.4 Å². The van der Waals surface area contributed by atoms with Crippen LogP contribution in [0.25, 0.3) is 10.9 Å². The van der Waals surface area contributed by atoms with Crippen molar-refractivity contribution in [3.8, 4) is 6.07 Å². The van der Waals surface area contributed by atoms with Crippen molar-refractivity contribution in [3.05, 3.63) is 54.1 Å². The first-order valence-corrected chi connectivity index (χ1v) is 9.32. The number of Topliss-reactive ketones (excluding diaryl/α,β-unsaturated/α-hetero) is 1. The second-order valence-electron chi connectivity index (χ2n) is 5.04. The number of aromatic nitrogens is 1. The molecule has 0 unspecified atom stereocenters. The van der Waals surface area contributed by atoms with Gasteiger partial charge in [0.2, 0.25) is 11.5 Å². The number of hydrogen-bond donors (Lipinski definition) is 2. The Hall–Kier alpha value is -3.13. The highest BCUT2D eigenvalue weighted by molar-refractivity contribution is 7.85. The van der Waals surface area contributed by atoms with Crippen molar-refractivity contribution in [2.24, 2.45) is 5.10 Å². The van der Waals surface area contributed by atoms with Gasteiger partial charge in [0.1, 0.15) is 11.1 Å². The highest BCUT2D eigenvalue weighted by Gasteiger charge is 2.16. The topological polar surface area (TPSA) is 133 Å². The van der Waals surface area contributed by atoms with Crippen molar-refractivity contribution in [2.45, 2.75) is 4.90 Å². The lowest BCUT2D eigenvalue weighted by Crippen LogP contribution is -2.14. The summed E-state index contributed by atoms with van der Waals surface area (Å²) < 4.78 is 35.8. The smallest absolute Gasteiger partial charge is 0.286 e. The second kappa shape index (κ2) is 7.01. The number of hydrogen-bond acceptors (Lipinski definition) is 8. The quantitative estimate of drug-likeness (QED) is 0.298. The Balaban J connectivity index is 1.94. The van der Waals surface area contributed by atoms with Gasteiger partial charge in [-0.3, -0.25) is 14.8 Å². The summed E-state index contributed by atoms with van der Waals surface area (Å²) in [7, 11) is -4.37. The van der Waals surface area contributed by atoms with Crippen LogP contribution in [0.15, 0.2) is 58.5 Å². The monoisotopic (exact) mass is 386 g/mol. The summed E-state index contributed by atoms with van der Waals surface area (Å²) in [5, 5.41) is 13.7. The molecular weight excluding hydrogens is 376 g/mol. The van der Waals surface area contributed by atoms with Gasteiger partial charge in [0.25, 0.3) is 10.1 Å². The molecule has 0 aliphatic heterocycles. The van der Waals surface area contributed by atoms with Gasteiger partial charge in [0.15, 0.2) is 0 Å².